The molecule has 0 spiro atoms. The van der Waals surface area contributed by atoms with Crippen molar-refractivity contribution in [2.45, 2.75) is 27.4 Å². The summed E-state index contributed by atoms with van der Waals surface area (Å²) in [6.45, 7) is 7.21. The molecule has 0 bridgehead atoms. The predicted octanol–water partition coefficient (Wildman–Crippen LogP) is 4.65. The molecule has 1 fully saturated rings. The SMILES string of the molecule is CCOc1cc(C=C2C(=O)N(CC)C(=S)N(CC)C2=O)cc(I)c1OCc1ccccc1. The van der Waals surface area contributed by atoms with Crippen molar-refractivity contribution in [1.82, 2.24) is 9.80 Å². The Morgan fingerprint density at radius 1 is 0.969 bits per heavy atom. The molecule has 3 rings (SSSR count). The van der Waals surface area contributed by atoms with Gasteiger partial charge in [0.15, 0.2) is 16.6 Å². The molecule has 8 heteroatoms. The van der Waals surface area contributed by atoms with E-state index in [1.807, 2.05) is 57.2 Å². The van der Waals surface area contributed by atoms with E-state index in [0.29, 0.717) is 43.4 Å². The number of amides is 2. The number of hydrogen-bond acceptors (Lipinski definition) is 5. The topological polar surface area (TPSA) is 59.1 Å². The Bertz CT molecular complexity index is 1030. The van der Waals surface area contributed by atoms with E-state index in [0.717, 1.165) is 9.13 Å². The lowest BCUT2D eigenvalue weighted by molar-refractivity contribution is -0.133. The lowest BCUT2D eigenvalue weighted by Gasteiger charge is -2.35. The molecule has 2 aromatic carbocycles. The van der Waals surface area contributed by atoms with E-state index in [-0.39, 0.29) is 22.5 Å². The van der Waals surface area contributed by atoms with Gasteiger partial charge in [-0.05, 0) is 84.9 Å². The number of carbonyl (C=O) groups excluding carboxylic acids is 2. The molecule has 2 amide bonds. The van der Waals surface area contributed by atoms with Crippen LogP contribution in [0.5, 0.6) is 11.5 Å². The molecule has 0 N–H and O–H groups in total. The third-order valence-corrected chi connectivity index (χ3v) is 6.16. The molecule has 1 aliphatic heterocycles. The van der Waals surface area contributed by atoms with Crippen LogP contribution >= 0.6 is 34.8 Å². The fraction of sp³-hybridized carbons (Fsp3) is 0.292. The summed E-state index contributed by atoms with van der Waals surface area (Å²) >= 11 is 7.51. The highest BCUT2D eigenvalue weighted by Crippen LogP contribution is 2.36. The van der Waals surface area contributed by atoms with Gasteiger partial charge in [-0.15, -0.1) is 0 Å². The number of benzene rings is 2. The first kappa shape index (κ1) is 24.2. The molecule has 2 aromatic rings. The molecular formula is C24H25IN2O4S. The maximum atomic E-state index is 12.9. The van der Waals surface area contributed by atoms with Crippen molar-refractivity contribution in [2.24, 2.45) is 0 Å². The van der Waals surface area contributed by atoms with Gasteiger partial charge in [-0.3, -0.25) is 19.4 Å². The molecule has 1 heterocycles. The highest BCUT2D eigenvalue weighted by Gasteiger charge is 2.37. The average Bonchev–Trinajstić information content (AvgIpc) is 2.78. The predicted molar refractivity (Wildman–Crippen MR) is 136 cm³/mol. The van der Waals surface area contributed by atoms with Crippen LogP contribution < -0.4 is 9.47 Å². The quantitative estimate of drug-likeness (QED) is 0.202. The number of rotatable bonds is 8. The summed E-state index contributed by atoms with van der Waals surface area (Å²) in [5, 5.41) is 0.247. The monoisotopic (exact) mass is 564 g/mol. The second-order valence-corrected chi connectivity index (χ2v) is 8.50. The van der Waals surface area contributed by atoms with Crippen LogP contribution in [0.15, 0.2) is 48.0 Å². The second kappa shape index (κ2) is 10.9. The Morgan fingerprint density at radius 3 is 2.16 bits per heavy atom. The van der Waals surface area contributed by atoms with Gasteiger partial charge in [0.25, 0.3) is 11.8 Å². The normalized spacial score (nSPS) is 14.1. The molecule has 1 aliphatic rings. The fourth-order valence-electron chi connectivity index (χ4n) is 3.35. The van der Waals surface area contributed by atoms with E-state index < -0.39 is 0 Å². The Kier molecular flexibility index (Phi) is 8.25. The van der Waals surface area contributed by atoms with Crippen LogP contribution in [0.2, 0.25) is 0 Å². The average molecular weight is 564 g/mol. The molecule has 1 saturated heterocycles. The summed E-state index contributed by atoms with van der Waals surface area (Å²) in [4.78, 5) is 28.7. The number of hydrogen-bond donors (Lipinski definition) is 0. The maximum absolute atomic E-state index is 12.9. The van der Waals surface area contributed by atoms with E-state index in [4.69, 9.17) is 21.7 Å². The largest absolute Gasteiger partial charge is 0.490 e. The molecule has 6 nitrogen and oxygen atoms in total. The van der Waals surface area contributed by atoms with Gasteiger partial charge in [0, 0.05) is 13.1 Å². The van der Waals surface area contributed by atoms with Gasteiger partial charge >= 0.3 is 0 Å². The zero-order chi connectivity index (χ0) is 23.3. The van der Waals surface area contributed by atoms with Crippen LogP contribution in [0, 0.1) is 3.57 Å². The molecule has 0 aliphatic carbocycles. The fourth-order valence-corrected chi connectivity index (χ4v) is 4.56. The number of carbonyl (C=O) groups is 2. The van der Waals surface area contributed by atoms with Gasteiger partial charge < -0.3 is 9.47 Å². The van der Waals surface area contributed by atoms with Crippen LogP contribution in [0.25, 0.3) is 6.08 Å². The van der Waals surface area contributed by atoms with Gasteiger partial charge in [0.05, 0.1) is 10.2 Å². The van der Waals surface area contributed by atoms with Crippen molar-refractivity contribution in [2.75, 3.05) is 19.7 Å². The molecule has 0 saturated carbocycles. The first-order chi connectivity index (χ1) is 15.4. The van der Waals surface area contributed by atoms with E-state index in [9.17, 15) is 9.59 Å². The van der Waals surface area contributed by atoms with Crippen molar-refractivity contribution in [3.63, 3.8) is 0 Å². The minimum absolute atomic E-state index is 0.0819. The van der Waals surface area contributed by atoms with E-state index in [2.05, 4.69) is 22.6 Å². The highest BCUT2D eigenvalue weighted by molar-refractivity contribution is 14.1. The zero-order valence-electron chi connectivity index (χ0n) is 18.3. The molecule has 32 heavy (non-hydrogen) atoms. The zero-order valence-corrected chi connectivity index (χ0v) is 21.2. The number of likely N-dealkylation sites (N-methyl/N-ethyl adjacent to an activating group) is 2. The van der Waals surface area contributed by atoms with E-state index >= 15 is 0 Å². The summed E-state index contributed by atoms with van der Waals surface area (Å²) in [6.07, 6.45) is 1.60. The first-order valence-corrected chi connectivity index (χ1v) is 11.9. The lowest BCUT2D eigenvalue weighted by atomic mass is 10.1. The van der Waals surface area contributed by atoms with Gasteiger partial charge in [-0.2, -0.15) is 0 Å². The van der Waals surface area contributed by atoms with Crippen molar-refractivity contribution in [3.8, 4) is 11.5 Å². The number of thiocarbonyl (C=S) groups is 1. The standard InChI is InChI=1S/C24H25IN2O4S/c1-4-26-22(28)18(23(29)27(5-2)24(26)32)12-17-13-19(25)21(20(14-17)30-6-3)31-15-16-10-8-7-9-11-16/h7-14H,4-6,15H2,1-3H3. The molecular weight excluding hydrogens is 539 g/mol. The summed E-state index contributed by atoms with van der Waals surface area (Å²) in [6, 6.07) is 13.5. The Hall–Kier alpha value is -2.46. The number of halogens is 1. The smallest absolute Gasteiger partial charge is 0.265 e. The maximum Gasteiger partial charge on any atom is 0.265 e. The lowest BCUT2D eigenvalue weighted by Crippen LogP contribution is -2.55. The third-order valence-electron chi connectivity index (χ3n) is 4.91. The van der Waals surface area contributed by atoms with Gasteiger partial charge in [-0.25, -0.2) is 0 Å². The Labute approximate surface area is 207 Å². The van der Waals surface area contributed by atoms with Crippen LogP contribution in [-0.2, 0) is 16.2 Å². The molecule has 168 valence electrons. The number of nitrogens with zero attached hydrogens (tertiary/aromatic N) is 2. The van der Waals surface area contributed by atoms with Crippen molar-refractivity contribution in [3.05, 3.63) is 62.7 Å². The Morgan fingerprint density at radius 2 is 1.59 bits per heavy atom. The van der Waals surface area contributed by atoms with Crippen LogP contribution in [0.3, 0.4) is 0 Å². The summed E-state index contributed by atoms with van der Waals surface area (Å²) in [7, 11) is 0. The van der Waals surface area contributed by atoms with Crippen molar-refractivity contribution in [1.29, 1.82) is 0 Å². The van der Waals surface area contributed by atoms with Gasteiger partial charge in [0.1, 0.15) is 12.2 Å². The number of ether oxygens (including phenoxy) is 2. The minimum Gasteiger partial charge on any atom is -0.490 e. The summed E-state index contributed by atoms with van der Waals surface area (Å²) < 4.78 is 12.7. The highest BCUT2D eigenvalue weighted by atomic mass is 127. The second-order valence-electron chi connectivity index (χ2n) is 6.98. The Balaban J connectivity index is 1.97. The molecule has 0 aromatic heterocycles. The molecule has 0 unspecified atom stereocenters. The van der Waals surface area contributed by atoms with Crippen molar-refractivity contribution < 1.29 is 19.1 Å². The summed E-state index contributed by atoms with van der Waals surface area (Å²) in [5.74, 6) is 0.425. The first-order valence-electron chi connectivity index (χ1n) is 10.4. The van der Waals surface area contributed by atoms with Crippen LogP contribution in [-0.4, -0.2) is 46.4 Å². The molecule has 0 atom stereocenters. The summed E-state index contributed by atoms with van der Waals surface area (Å²) in [5.41, 5.74) is 1.81. The third kappa shape index (κ3) is 5.12. The van der Waals surface area contributed by atoms with Gasteiger partial charge in [0.2, 0.25) is 0 Å². The molecule has 0 radical (unpaired) electrons. The van der Waals surface area contributed by atoms with Crippen LogP contribution in [0.4, 0.5) is 0 Å². The van der Waals surface area contributed by atoms with E-state index in [1.165, 1.54) is 9.80 Å². The van der Waals surface area contributed by atoms with Crippen LogP contribution in [0.1, 0.15) is 31.9 Å². The van der Waals surface area contributed by atoms with Gasteiger partial charge in [-0.1, -0.05) is 30.3 Å². The minimum atomic E-state index is -0.385. The van der Waals surface area contributed by atoms with E-state index in [1.54, 1.807) is 12.1 Å². The van der Waals surface area contributed by atoms with Crippen molar-refractivity contribution >= 4 is 57.8 Å².